The molecule has 1 aliphatic heterocycles. The van der Waals surface area contributed by atoms with Crippen LogP contribution in [0.15, 0.2) is 4.99 Å². The lowest BCUT2D eigenvalue weighted by Gasteiger charge is -2.34. The average Bonchev–Trinajstić information content (AvgIpc) is 3.03. The Morgan fingerprint density at radius 1 is 1.21 bits per heavy atom. The fourth-order valence-corrected chi connectivity index (χ4v) is 5.47. The summed E-state index contributed by atoms with van der Waals surface area (Å²) in [6.07, 6.45) is 3.99. The summed E-state index contributed by atoms with van der Waals surface area (Å²) in [5.41, 5.74) is 1.11. The van der Waals surface area contributed by atoms with Gasteiger partial charge in [-0.15, -0.1) is 35.3 Å². The number of rotatable bonds is 4. The van der Waals surface area contributed by atoms with Crippen molar-refractivity contribution < 1.29 is 4.79 Å². The molecule has 1 saturated carbocycles. The van der Waals surface area contributed by atoms with Crippen LogP contribution in [0.25, 0.3) is 0 Å². The molecule has 2 fully saturated rings. The average molecular weight is 538 g/mol. The highest BCUT2D eigenvalue weighted by atomic mass is 127. The van der Waals surface area contributed by atoms with E-state index in [-0.39, 0.29) is 29.9 Å². The van der Waals surface area contributed by atoms with Crippen LogP contribution in [0.4, 0.5) is 0 Å². The van der Waals surface area contributed by atoms with Crippen molar-refractivity contribution in [1.29, 1.82) is 0 Å². The van der Waals surface area contributed by atoms with Crippen LogP contribution < -0.4 is 10.6 Å². The highest BCUT2D eigenvalue weighted by Crippen LogP contribution is 2.27. The van der Waals surface area contributed by atoms with E-state index in [0.29, 0.717) is 18.5 Å². The monoisotopic (exact) mass is 537 g/mol. The number of aromatic nitrogens is 1. The number of thioether (sulfide) groups is 1. The van der Waals surface area contributed by atoms with Crippen LogP contribution in [-0.4, -0.2) is 59.4 Å². The summed E-state index contributed by atoms with van der Waals surface area (Å²) in [4.78, 5) is 24.9. The van der Waals surface area contributed by atoms with E-state index < -0.39 is 0 Å². The van der Waals surface area contributed by atoms with E-state index in [1.165, 1.54) is 4.88 Å². The molecule has 28 heavy (non-hydrogen) atoms. The van der Waals surface area contributed by atoms with Gasteiger partial charge in [0.2, 0.25) is 5.91 Å². The number of hydrogen-bond acceptors (Lipinski definition) is 5. The Morgan fingerprint density at radius 2 is 1.89 bits per heavy atom. The summed E-state index contributed by atoms with van der Waals surface area (Å²) >= 11 is 3.68. The zero-order chi connectivity index (χ0) is 19.2. The molecule has 158 valence electrons. The second kappa shape index (κ2) is 11.6. The van der Waals surface area contributed by atoms with Crippen molar-refractivity contribution in [2.75, 3.05) is 31.6 Å². The second-order valence-electron chi connectivity index (χ2n) is 7.31. The number of halogens is 1. The lowest BCUT2D eigenvalue weighted by molar-refractivity contribution is -0.136. The zero-order valence-corrected chi connectivity index (χ0v) is 21.0. The fourth-order valence-electron chi connectivity index (χ4n) is 3.69. The molecule has 0 radical (unpaired) electrons. The number of thiazole rings is 1. The molecule has 1 amide bonds. The van der Waals surface area contributed by atoms with Gasteiger partial charge in [0.25, 0.3) is 0 Å². The first-order chi connectivity index (χ1) is 13.1. The molecule has 6 nitrogen and oxygen atoms in total. The zero-order valence-electron chi connectivity index (χ0n) is 17.0. The number of guanidine groups is 1. The number of nitrogens with one attached hydrogen (secondary N) is 2. The van der Waals surface area contributed by atoms with Gasteiger partial charge in [0.1, 0.15) is 5.01 Å². The van der Waals surface area contributed by atoms with E-state index >= 15 is 0 Å². The molecule has 1 aliphatic carbocycles. The largest absolute Gasteiger partial charge is 0.354 e. The predicted molar refractivity (Wildman–Crippen MR) is 130 cm³/mol. The standard InChI is InChI=1S/C19H31N5OS2.HI/c1-13-14(2)27-17(22-13)12-21-19(20-3)23-16-6-4-15(5-7-16)18(25)24-8-10-26-11-9-24;/h15-16H,4-12H2,1-3H3,(H2,20,21,23);1H. The number of aryl methyl sites for hydroxylation is 2. The Labute approximate surface area is 193 Å². The summed E-state index contributed by atoms with van der Waals surface area (Å²) in [5.74, 6) is 3.59. The summed E-state index contributed by atoms with van der Waals surface area (Å²) in [5, 5.41) is 7.98. The van der Waals surface area contributed by atoms with Gasteiger partial charge in [-0.1, -0.05) is 0 Å². The third kappa shape index (κ3) is 6.48. The second-order valence-corrected chi connectivity index (χ2v) is 9.82. The number of carbonyl (C=O) groups is 1. The number of aliphatic imine (C=N–C) groups is 1. The maximum atomic E-state index is 12.7. The molecule has 1 saturated heterocycles. The molecule has 0 bridgehead atoms. The smallest absolute Gasteiger partial charge is 0.225 e. The van der Waals surface area contributed by atoms with E-state index in [1.54, 1.807) is 18.4 Å². The quantitative estimate of drug-likeness (QED) is 0.351. The van der Waals surface area contributed by atoms with Crippen molar-refractivity contribution in [1.82, 2.24) is 20.5 Å². The van der Waals surface area contributed by atoms with Gasteiger partial charge in [-0.25, -0.2) is 4.98 Å². The normalized spacial score (nSPS) is 23.1. The van der Waals surface area contributed by atoms with Crippen LogP contribution in [0, 0.1) is 19.8 Å². The van der Waals surface area contributed by atoms with Gasteiger partial charge < -0.3 is 15.5 Å². The van der Waals surface area contributed by atoms with E-state index in [9.17, 15) is 4.79 Å². The van der Waals surface area contributed by atoms with E-state index in [1.807, 2.05) is 18.7 Å². The number of amides is 1. The van der Waals surface area contributed by atoms with Crippen molar-refractivity contribution in [2.24, 2.45) is 10.9 Å². The molecule has 2 aliphatic rings. The highest BCUT2D eigenvalue weighted by molar-refractivity contribution is 14.0. The molecule has 0 spiro atoms. The molecule has 2 N–H and O–H groups in total. The molecule has 0 atom stereocenters. The fraction of sp³-hybridized carbons (Fsp3) is 0.737. The van der Waals surface area contributed by atoms with Crippen LogP contribution in [0.1, 0.15) is 41.3 Å². The van der Waals surface area contributed by atoms with Crippen LogP contribution in [0.2, 0.25) is 0 Å². The van der Waals surface area contributed by atoms with Crippen LogP contribution in [-0.2, 0) is 11.3 Å². The molecule has 1 aromatic rings. The van der Waals surface area contributed by atoms with Crippen molar-refractivity contribution in [3.63, 3.8) is 0 Å². The molecular formula is C19H32IN5OS2. The van der Waals surface area contributed by atoms with Gasteiger partial charge in [0, 0.05) is 48.5 Å². The van der Waals surface area contributed by atoms with Gasteiger partial charge in [0.05, 0.1) is 12.2 Å². The first-order valence-corrected chi connectivity index (χ1v) is 11.8. The van der Waals surface area contributed by atoms with Crippen molar-refractivity contribution in [3.05, 3.63) is 15.6 Å². The molecular weight excluding hydrogens is 505 g/mol. The molecule has 3 rings (SSSR count). The van der Waals surface area contributed by atoms with Crippen LogP contribution >= 0.6 is 47.1 Å². The first kappa shape index (κ1) is 23.7. The molecule has 2 heterocycles. The SMILES string of the molecule is CN=C(NCc1nc(C)c(C)s1)NC1CCC(C(=O)N2CCSCC2)CC1.I. The Hall–Kier alpha value is -0.550. The third-order valence-electron chi connectivity index (χ3n) is 5.44. The summed E-state index contributed by atoms with van der Waals surface area (Å²) < 4.78 is 0. The third-order valence-corrected chi connectivity index (χ3v) is 7.46. The highest BCUT2D eigenvalue weighted by Gasteiger charge is 2.30. The Bertz CT molecular complexity index is 648. The maximum absolute atomic E-state index is 12.7. The summed E-state index contributed by atoms with van der Waals surface area (Å²) in [6, 6.07) is 0.386. The van der Waals surface area contributed by atoms with Crippen LogP contribution in [0.5, 0.6) is 0 Å². The Morgan fingerprint density at radius 3 is 2.46 bits per heavy atom. The molecule has 0 aromatic carbocycles. The number of hydrogen-bond donors (Lipinski definition) is 2. The Balaban J connectivity index is 0.00000280. The van der Waals surface area contributed by atoms with Gasteiger partial charge in [0.15, 0.2) is 5.96 Å². The minimum atomic E-state index is 0. The lowest BCUT2D eigenvalue weighted by atomic mass is 9.85. The molecule has 1 aromatic heterocycles. The molecule has 9 heteroatoms. The van der Waals surface area contributed by atoms with Crippen LogP contribution in [0.3, 0.4) is 0 Å². The van der Waals surface area contributed by atoms with Crippen molar-refractivity contribution in [2.45, 2.75) is 52.1 Å². The van der Waals surface area contributed by atoms with E-state index in [4.69, 9.17) is 0 Å². The summed E-state index contributed by atoms with van der Waals surface area (Å²) in [7, 11) is 1.80. The minimum absolute atomic E-state index is 0. The molecule has 0 unspecified atom stereocenters. The predicted octanol–water partition coefficient (Wildman–Crippen LogP) is 3.18. The first-order valence-electron chi connectivity index (χ1n) is 9.83. The van der Waals surface area contributed by atoms with Gasteiger partial charge in [-0.3, -0.25) is 9.79 Å². The summed E-state index contributed by atoms with van der Waals surface area (Å²) in [6.45, 7) is 6.69. The minimum Gasteiger partial charge on any atom is -0.354 e. The van der Waals surface area contributed by atoms with Crippen molar-refractivity contribution in [3.8, 4) is 0 Å². The topological polar surface area (TPSA) is 69.6 Å². The number of nitrogens with zero attached hydrogens (tertiary/aromatic N) is 3. The maximum Gasteiger partial charge on any atom is 0.225 e. The number of carbonyl (C=O) groups excluding carboxylic acids is 1. The van der Waals surface area contributed by atoms with Gasteiger partial charge in [-0.2, -0.15) is 11.8 Å². The van der Waals surface area contributed by atoms with Gasteiger partial charge >= 0.3 is 0 Å². The lowest BCUT2D eigenvalue weighted by Crippen LogP contribution is -2.47. The van der Waals surface area contributed by atoms with Crippen molar-refractivity contribution >= 4 is 58.9 Å². The Kier molecular flexibility index (Phi) is 9.82. The van der Waals surface area contributed by atoms with E-state index in [2.05, 4.69) is 32.4 Å². The van der Waals surface area contributed by atoms with Gasteiger partial charge in [-0.05, 0) is 39.5 Å². The van der Waals surface area contributed by atoms with E-state index in [0.717, 1.165) is 66.9 Å².